The molecule has 0 atom stereocenters. The Morgan fingerprint density at radius 1 is 1.29 bits per heavy atom. The second-order valence-corrected chi connectivity index (χ2v) is 4.01. The molecule has 0 aromatic rings. The molecule has 1 aliphatic carbocycles. The molecule has 0 spiro atoms. The molecule has 0 aromatic carbocycles. The summed E-state index contributed by atoms with van der Waals surface area (Å²) in [6.45, 7) is 3.27. The summed E-state index contributed by atoms with van der Waals surface area (Å²) in [6.07, 6.45) is 5.56. The van der Waals surface area contributed by atoms with Gasteiger partial charge < -0.3 is 16.4 Å². The Hall–Kier alpha value is -0.770. The van der Waals surface area contributed by atoms with E-state index in [9.17, 15) is 4.79 Å². The van der Waals surface area contributed by atoms with Crippen molar-refractivity contribution >= 4 is 6.03 Å². The number of hydrogen-bond donors (Lipinski definition) is 3. The van der Waals surface area contributed by atoms with Gasteiger partial charge >= 0.3 is 6.03 Å². The van der Waals surface area contributed by atoms with Crippen LogP contribution >= 0.6 is 0 Å². The van der Waals surface area contributed by atoms with Crippen LogP contribution in [0.5, 0.6) is 0 Å². The summed E-state index contributed by atoms with van der Waals surface area (Å²) in [6, 6.07) is 0.544. The van der Waals surface area contributed by atoms with E-state index in [4.69, 9.17) is 5.73 Å². The Balaban J connectivity index is 2.14. The molecule has 0 heterocycles. The first-order chi connectivity index (χ1) is 6.72. The van der Waals surface area contributed by atoms with Gasteiger partial charge in [0.15, 0.2) is 0 Å². The monoisotopic (exact) mass is 199 g/mol. The molecule has 14 heavy (non-hydrogen) atoms. The van der Waals surface area contributed by atoms with Gasteiger partial charge in [0.25, 0.3) is 0 Å². The number of carbonyl (C=O) groups excluding carboxylic acids is 1. The first kappa shape index (κ1) is 11.3. The van der Waals surface area contributed by atoms with E-state index < -0.39 is 6.03 Å². The fourth-order valence-corrected chi connectivity index (χ4v) is 1.99. The second-order valence-electron chi connectivity index (χ2n) is 4.01. The maximum atomic E-state index is 10.6. The zero-order chi connectivity index (χ0) is 10.4. The number of nitrogens with one attached hydrogen (secondary N) is 2. The molecule has 1 saturated carbocycles. The third kappa shape index (κ3) is 3.96. The standard InChI is InChI=1S/C10H21N3O/c1-2-7-12-8-3-5-9(6-4-8)13-10(11)14/h8-9,12H,2-7H2,1H3,(H3,11,13,14). The maximum absolute atomic E-state index is 10.6. The van der Waals surface area contributed by atoms with Gasteiger partial charge in [0.05, 0.1) is 0 Å². The summed E-state index contributed by atoms with van der Waals surface area (Å²) in [5.74, 6) is 0. The van der Waals surface area contributed by atoms with Crippen molar-refractivity contribution in [1.82, 2.24) is 10.6 Å². The van der Waals surface area contributed by atoms with Crippen LogP contribution in [0, 0.1) is 0 Å². The second kappa shape index (κ2) is 5.86. The van der Waals surface area contributed by atoms with Crippen LogP contribution in [0.4, 0.5) is 4.79 Å². The highest BCUT2D eigenvalue weighted by Crippen LogP contribution is 2.18. The summed E-state index contributed by atoms with van der Waals surface area (Å²) < 4.78 is 0. The topological polar surface area (TPSA) is 67.2 Å². The fourth-order valence-electron chi connectivity index (χ4n) is 1.99. The molecule has 0 aliphatic heterocycles. The van der Waals surface area contributed by atoms with Gasteiger partial charge in [-0.2, -0.15) is 0 Å². The van der Waals surface area contributed by atoms with Crippen LogP contribution in [0.2, 0.25) is 0 Å². The van der Waals surface area contributed by atoms with Gasteiger partial charge in [-0.25, -0.2) is 4.79 Å². The molecule has 2 amide bonds. The normalized spacial score (nSPS) is 27.2. The number of amides is 2. The predicted octanol–water partition coefficient (Wildman–Crippen LogP) is 0.965. The van der Waals surface area contributed by atoms with Crippen LogP contribution in [-0.4, -0.2) is 24.7 Å². The van der Waals surface area contributed by atoms with Crippen LogP contribution < -0.4 is 16.4 Å². The molecular formula is C10H21N3O. The molecule has 4 nitrogen and oxygen atoms in total. The van der Waals surface area contributed by atoms with E-state index in [1.807, 2.05) is 0 Å². The van der Waals surface area contributed by atoms with Crippen molar-refractivity contribution in [3.05, 3.63) is 0 Å². The minimum Gasteiger partial charge on any atom is -0.352 e. The lowest BCUT2D eigenvalue weighted by Crippen LogP contribution is -2.44. The van der Waals surface area contributed by atoms with Gasteiger partial charge in [-0.15, -0.1) is 0 Å². The Labute approximate surface area is 85.6 Å². The number of hydrogen-bond acceptors (Lipinski definition) is 2. The summed E-state index contributed by atoms with van der Waals surface area (Å²) >= 11 is 0. The van der Waals surface area contributed by atoms with Crippen molar-refractivity contribution in [2.75, 3.05) is 6.54 Å². The third-order valence-electron chi connectivity index (χ3n) is 2.76. The maximum Gasteiger partial charge on any atom is 0.312 e. The Morgan fingerprint density at radius 2 is 1.86 bits per heavy atom. The van der Waals surface area contributed by atoms with Crippen molar-refractivity contribution in [2.24, 2.45) is 5.73 Å². The number of primary amides is 1. The largest absolute Gasteiger partial charge is 0.352 e. The van der Waals surface area contributed by atoms with Crippen molar-refractivity contribution < 1.29 is 4.79 Å². The number of carbonyl (C=O) groups is 1. The Bertz CT molecular complexity index is 176. The summed E-state index contributed by atoms with van der Waals surface area (Å²) in [4.78, 5) is 10.6. The van der Waals surface area contributed by atoms with Gasteiger partial charge in [-0.1, -0.05) is 6.92 Å². The number of urea groups is 1. The van der Waals surface area contributed by atoms with Crippen molar-refractivity contribution in [3.63, 3.8) is 0 Å². The van der Waals surface area contributed by atoms with E-state index >= 15 is 0 Å². The zero-order valence-corrected chi connectivity index (χ0v) is 8.88. The smallest absolute Gasteiger partial charge is 0.312 e. The highest BCUT2D eigenvalue weighted by molar-refractivity contribution is 5.71. The molecule has 82 valence electrons. The van der Waals surface area contributed by atoms with Crippen molar-refractivity contribution in [1.29, 1.82) is 0 Å². The molecule has 0 saturated heterocycles. The summed E-state index contributed by atoms with van der Waals surface area (Å²) in [7, 11) is 0. The quantitative estimate of drug-likeness (QED) is 0.631. The minimum absolute atomic E-state index is 0.298. The van der Waals surface area contributed by atoms with Gasteiger partial charge in [0.1, 0.15) is 0 Å². The molecular weight excluding hydrogens is 178 g/mol. The van der Waals surface area contributed by atoms with Crippen LogP contribution in [0.15, 0.2) is 0 Å². The first-order valence-corrected chi connectivity index (χ1v) is 5.51. The van der Waals surface area contributed by atoms with E-state index in [1.165, 1.54) is 6.42 Å². The van der Waals surface area contributed by atoms with Gasteiger partial charge in [0.2, 0.25) is 0 Å². The van der Waals surface area contributed by atoms with E-state index in [0.29, 0.717) is 12.1 Å². The number of nitrogens with two attached hydrogens (primary N) is 1. The molecule has 4 heteroatoms. The van der Waals surface area contributed by atoms with Crippen LogP contribution in [0.25, 0.3) is 0 Å². The average molecular weight is 199 g/mol. The Morgan fingerprint density at radius 3 is 2.36 bits per heavy atom. The van der Waals surface area contributed by atoms with E-state index in [2.05, 4.69) is 17.6 Å². The van der Waals surface area contributed by atoms with Crippen molar-refractivity contribution in [3.8, 4) is 0 Å². The number of rotatable bonds is 4. The molecule has 0 aromatic heterocycles. The van der Waals surface area contributed by atoms with Gasteiger partial charge in [0, 0.05) is 12.1 Å². The predicted molar refractivity (Wildman–Crippen MR) is 57.1 cm³/mol. The molecule has 1 fully saturated rings. The fraction of sp³-hybridized carbons (Fsp3) is 0.900. The lowest BCUT2D eigenvalue weighted by atomic mass is 9.91. The first-order valence-electron chi connectivity index (χ1n) is 5.51. The molecule has 4 N–H and O–H groups in total. The highest BCUT2D eigenvalue weighted by Gasteiger charge is 2.20. The molecule has 1 aliphatic rings. The van der Waals surface area contributed by atoms with E-state index in [-0.39, 0.29) is 0 Å². The van der Waals surface area contributed by atoms with Crippen LogP contribution in [-0.2, 0) is 0 Å². The average Bonchev–Trinajstić information content (AvgIpc) is 2.16. The highest BCUT2D eigenvalue weighted by atomic mass is 16.2. The molecule has 0 radical (unpaired) electrons. The van der Waals surface area contributed by atoms with Crippen molar-refractivity contribution in [2.45, 2.75) is 51.1 Å². The Kier molecular flexibility index (Phi) is 4.73. The van der Waals surface area contributed by atoms with E-state index in [1.54, 1.807) is 0 Å². The molecule has 1 rings (SSSR count). The lowest BCUT2D eigenvalue weighted by Gasteiger charge is -2.29. The van der Waals surface area contributed by atoms with Crippen LogP contribution in [0.1, 0.15) is 39.0 Å². The summed E-state index contributed by atoms with van der Waals surface area (Å²) in [5, 5.41) is 6.27. The lowest BCUT2D eigenvalue weighted by molar-refractivity contribution is 0.237. The summed E-state index contributed by atoms with van der Waals surface area (Å²) in [5.41, 5.74) is 5.07. The third-order valence-corrected chi connectivity index (χ3v) is 2.76. The minimum atomic E-state index is -0.394. The molecule has 0 unspecified atom stereocenters. The van der Waals surface area contributed by atoms with Crippen LogP contribution in [0.3, 0.4) is 0 Å². The van der Waals surface area contributed by atoms with Gasteiger partial charge in [-0.3, -0.25) is 0 Å². The molecule has 0 bridgehead atoms. The van der Waals surface area contributed by atoms with E-state index in [0.717, 1.165) is 32.2 Å². The SMILES string of the molecule is CCCNC1CCC(NC(N)=O)CC1. The zero-order valence-electron chi connectivity index (χ0n) is 8.88. The van der Waals surface area contributed by atoms with Gasteiger partial charge in [-0.05, 0) is 38.6 Å².